The van der Waals surface area contributed by atoms with Crippen LogP contribution in [0.3, 0.4) is 0 Å². The van der Waals surface area contributed by atoms with Crippen molar-refractivity contribution in [2.24, 2.45) is 0 Å². The molecule has 9 heteroatoms. The fourth-order valence-electron chi connectivity index (χ4n) is 2.25. The molecule has 3 rings (SSSR count). The number of pyridine rings is 1. The van der Waals surface area contributed by atoms with Gasteiger partial charge in [0.15, 0.2) is 10.9 Å². The summed E-state index contributed by atoms with van der Waals surface area (Å²) >= 11 is 7.34. The second-order valence-electron chi connectivity index (χ2n) is 4.86. The van der Waals surface area contributed by atoms with Crippen LogP contribution < -0.4 is 10.3 Å². The zero-order chi connectivity index (χ0) is 16.6. The normalized spacial score (nSPS) is 11.1. The second-order valence-corrected chi connectivity index (χ2v) is 5.99. The molecule has 120 valence electrons. The average Bonchev–Trinajstić information content (AvgIpc) is 2.97. The number of nitrogens with zero attached hydrogens (tertiary/aromatic N) is 5. The molecule has 0 fully saturated rings. The molecule has 23 heavy (non-hydrogen) atoms. The van der Waals surface area contributed by atoms with Gasteiger partial charge in [0.1, 0.15) is 0 Å². The van der Waals surface area contributed by atoms with E-state index < -0.39 is 0 Å². The summed E-state index contributed by atoms with van der Waals surface area (Å²) in [5, 5.41) is 5.06. The van der Waals surface area contributed by atoms with E-state index in [9.17, 15) is 4.79 Å². The lowest BCUT2D eigenvalue weighted by molar-refractivity contribution is 0.412. The van der Waals surface area contributed by atoms with Crippen molar-refractivity contribution >= 4 is 29.1 Å². The van der Waals surface area contributed by atoms with Gasteiger partial charge >= 0.3 is 0 Å². The maximum absolute atomic E-state index is 12.1. The smallest absolute Gasteiger partial charge is 0.275 e. The zero-order valence-corrected chi connectivity index (χ0v) is 14.4. The van der Waals surface area contributed by atoms with Crippen LogP contribution in [-0.4, -0.2) is 37.5 Å². The van der Waals surface area contributed by atoms with E-state index in [2.05, 4.69) is 15.1 Å². The minimum atomic E-state index is -0.201. The highest BCUT2D eigenvalue weighted by Crippen LogP contribution is 2.23. The predicted octanol–water partition coefficient (Wildman–Crippen LogP) is 2.03. The standard InChI is InChI=1S/C14H14ClN5O2S/c1-8-4-11(21)20-14(17-13(18-20)23-3)19(8)7-9-5-10(22-2)12(15)16-6-9/h4-6H,7H2,1-3H3. The molecule has 0 atom stereocenters. The van der Waals surface area contributed by atoms with Crippen molar-refractivity contribution < 1.29 is 4.74 Å². The quantitative estimate of drug-likeness (QED) is 0.529. The Kier molecular flexibility index (Phi) is 4.27. The lowest BCUT2D eigenvalue weighted by Crippen LogP contribution is -2.20. The van der Waals surface area contributed by atoms with E-state index >= 15 is 0 Å². The molecule has 0 radical (unpaired) electrons. The van der Waals surface area contributed by atoms with Crippen LogP contribution in [0.5, 0.6) is 5.75 Å². The summed E-state index contributed by atoms with van der Waals surface area (Å²) in [5.74, 6) is 0.999. The first-order chi connectivity index (χ1) is 11.0. The molecule has 0 N–H and O–H groups in total. The topological polar surface area (TPSA) is 74.3 Å². The van der Waals surface area contributed by atoms with Crippen LogP contribution in [0.25, 0.3) is 5.78 Å². The van der Waals surface area contributed by atoms with Crippen LogP contribution in [0.2, 0.25) is 5.15 Å². The Balaban J connectivity index is 2.12. The summed E-state index contributed by atoms with van der Waals surface area (Å²) in [5.41, 5.74) is 1.47. The van der Waals surface area contributed by atoms with E-state index in [4.69, 9.17) is 16.3 Å². The van der Waals surface area contributed by atoms with Gasteiger partial charge in [0.2, 0.25) is 10.9 Å². The maximum atomic E-state index is 12.1. The molecule has 3 aromatic rings. The Morgan fingerprint density at radius 2 is 2.17 bits per heavy atom. The van der Waals surface area contributed by atoms with E-state index in [1.54, 1.807) is 13.3 Å². The minimum Gasteiger partial charge on any atom is -0.494 e. The van der Waals surface area contributed by atoms with Gasteiger partial charge in [-0.15, -0.1) is 5.10 Å². The highest BCUT2D eigenvalue weighted by atomic mass is 35.5. The Morgan fingerprint density at radius 3 is 2.87 bits per heavy atom. The molecule has 0 saturated carbocycles. The first-order valence-corrected chi connectivity index (χ1v) is 8.33. The highest BCUT2D eigenvalue weighted by molar-refractivity contribution is 7.98. The molecular weight excluding hydrogens is 338 g/mol. The fourth-order valence-corrected chi connectivity index (χ4v) is 2.76. The molecule has 0 aliphatic rings. The summed E-state index contributed by atoms with van der Waals surface area (Å²) in [7, 11) is 1.54. The molecule has 3 aromatic heterocycles. The first kappa shape index (κ1) is 15.8. The number of fused-ring (bicyclic) bond motifs is 1. The third-order valence-corrected chi connectivity index (χ3v) is 4.21. The Morgan fingerprint density at radius 1 is 1.39 bits per heavy atom. The number of ether oxygens (including phenoxy) is 1. The van der Waals surface area contributed by atoms with Gasteiger partial charge < -0.3 is 9.30 Å². The maximum Gasteiger partial charge on any atom is 0.275 e. The molecule has 0 saturated heterocycles. The summed E-state index contributed by atoms with van der Waals surface area (Å²) in [6.07, 6.45) is 3.54. The summed E-state index contributed by atoms with van der Waals surface area (Å²) < 4.78 is 8.40. The number of aryl methyl sites for hydroxylation is 1. The Labute approximate surface area is 141 Å². The monoisotopic (exact) mass is 351 g/mol. The molecule has 3 heterocycles. The number of aromatic nitrogens is 5. The lowest BCUT2D eigenvalue weighted by atomic mass is 10.2. The van der Waals surface area contributed by atoms with Crippen LogP contribution >= 0.6 is 23.4 Å². The third kappa shape index (κ3) is 2.91. The van der Waals surface area contributed by atoms with E-state index in [1.807, 2.05) is 23.8 Å². The van der Waals surface area contributed by atoms with Crippen molar-refractivity contribution in [1.29, 1.82) is 0 Å². The Hall–Kier alpha value is -2.06. The van der Waals surface area contributed by atoms with Gasteiger partial charge in [0, 0.05) is 18.0 Å². The number of hydrogen-bond acceptors (Lipinski definition) is 6. The van der Waals surface area contributed by atoms with Crippen molar-refractivity contribution in [2.45, 2.75) is 18.6 Å². The van der Waals surface area contributed by atoms with E-state index in [0.717, 1.165) is 11.3 Å². The predicted molar refractivity (Wildman–Crippen MR) is 88.7 cm³/mol. The lowest BCUT2D eigenvalue weighted by Gasteiger charge is -2.12. The first-order valence-electron chi connectivity index (χ1n) is 6.73. The molecule has 7 nitrogen and oxygen atoms in total. The zero-order valence-electron chi connectivity index (χ0n) is 12.8. The minimum absolute atomic E-state index is 0.201. The average molecular weight is 352 g/mol. The van der Waals surface area contributed by atoms with Crippen molar-refractivity contribution in [3.05, 3.63) is 45.1 Å². The van der Waals surface area contributed by atoms with E-state index in [1.165, 1.54) is 22.3 Å². The molecule has 0 aromatic carbocycles. The van der Waals surface area contributed by atoms with Crippen molar-refractivity contribution in [3.63, 3.8) is 0 Å². The van der Waals surface area contributed by atoms with Crippen molar-refractivity contribution in [1.82, 2.24) is 24.1 Å². The van der Waals surface area contributed by atoms with Crippen molar-refractivity contribution in [3.8, 4) is 5.75 Å². The molecule has 0 unspecified atom stereocenters. The molecule has 0 spiro atoms. The number of thioether (sulfide) groups is 1. The van der Waals surface area contributed by atoms with Gasteiger partial charge in [-0.25, -0.2) is 4.98 Å². The SMILES string of the molecule is COc1cc(Cn2c(C)cc(=O)n3nc(SC)nc23)cnc1Cl. The van der Waals surface area contributed by atoms with Crippen molar-refractivity contribution in [2.75, 3.05) is 13.4 Å². The van der Waals surface area contributed by atoms with Crippen LogP contribution in [0.4, 0.5) is 0 Å². The molecule has 0 bridgehead atoms. The third-order valence-electron chi connectivity index (χ3n) is 3.39. The summed E-state index contributed by atoms with van der Waals surface area (Å²) in [6.45, 7) is 2.33. The van der Waals surface area contributed by atoms with Gasteiger partial charge in [0.25, 0.3) is 5.56 Å². The van der Waals surface area contributed by atoms with Crippen LogP contribution in [-0.2, 0) is 6.54 Å². The highest BCUT2D eigenvalue weighted by Gasteiger charge is 2.13. The molecular formula is C14H14ClN5O2S. The fraction of sp³-hybridized carbons (Fsp3) is 0.286. The number of halogens is 1. The summed E-state index contributed by atoms with van der Waals surface area (Å²) in [6, 6.07) is 3.35. The Bertz CT molecular complexity index is 937. The van der Waals surface area contributed by atoms with Gasteiger partial charge in [-0.2, -0.15) is 9.50 Å². The van der Waals surface area contributed by atoms with E-state index in [0.29, 0.717) is 28.4 Å². The molecule has 0 aliphatic heterocycles. The van der Waals surface area contributed by atoms with Crippen LogP contribution in [0.1, 0.15) is 11.3 Å². The van der Waals surface area contributed by atoms with Gasteiger partial charge in [-0.05, 0) is 24.8 Å². The van der Waals surface area contributed by atoms with Crippen LogP contribution in [0, 0.1) is 6.92 Å². The summed E-state index contributed by atoms with van der Waals surface area (Å²) in [4.78, 5) is 20.6. The van der Waals surface area contributed by atoms with E-state index in [-0.39, 0.29) is 5.56 Å². The van der Waals surface area contributed by atoms with Gasteiger partial charge in [0.05, 0.1) is 13.7 Å². The van der Waals surface area contributed by atoms with Gasteiger partial charge in [-0.1, -0.05) is 23.4 Å². The largest absolute Gasteiger partial charge is 0.494 e. The van der Waals surface area contributed by atoms with Crippen LogP contribution in [0.15, 0.2) is 28.3 Å². The number of hydrogen-bond donors (Lipinski definition) is 0. The second kappa shape index (κ2) is 6.21. The number of methoxy groups -OCH3 is 1. The molecule has 0 amide bonds. The van der Waals surface area contributed by atoms with Gasteiger partial charge in [-0.3, -0.25) is 4.79 Å². The molecule has 0 aliphatic carbocycles. The number of rotatable bonds is 4.